The molecule has 0 aromatic carbocycles. The van der Waals surface area contributed by atoms with Crippen molar-refractivity contribution < 1.29 is 14.6 Å². The molecule has 0 amide bonds. The predicted octanol–water partition coefficient (Wildman–Crippen LogP) is 3.80. The van der Waals surface area contributed by atoms with E-state index in [1.54, 1.807) is 6.92 Å². The SMILES string of the molecule is CC(=O)[C@H]1CCC2C3CCC4CCCC[C@]4(C)N3C[C@H](OCCCO)[C@@]21C. The van der Waals surface area contributed by atoms with E-state index in [2.05, 4.69) is 18.7 Å². The van der Waals surface area contributed by atoms with Crippen molar-refractivity contribution in [2.75, 3.05) is 19.8 Å². The van der Waals surface area contributed by atoms with Gasteiger partial charge in [0.05, 0.1) is 6.10 Å². The van der Waals surface area contributed by atoms with E-state index in [1.165, 1.54) is 44.9 Å². The zero-order valence-corrected chi connectivity index (χ0v) is 17.6. The molecule has 2 aliphatic carbocycles. The van der Waals surface area contributed by atoms with Gasteiger partial charge in [0, 0.05) is 42.7 Å². The van der Waals surface area contributed by atoms with Gasteiger partial charge in [-0.25, -0.2) is 0 Å². The number of hydrogen-bond acceptors (Lipinski definition) is 4. The quantitative estimate of drug-likeness (QED) is 0.741. The Kier molecular flexibility index (Phi) is 5.46. The highest BCUT2D eigenvalue weighted by atomic mass is 16.5. The molecule has 0 aromatic rings. The van der Waals surface area contributed by atoms with Gasteiger partial charge in [-0.2, -0.15) is 0 Å². The van der Waals surface area contributed by atoms with Gasteiger partial charge in [-0.15, -0.1) is 0 Å². The van der Waals surface area contributed by atoms with Crippen LogP contribution in [-0.2, 0) is 9.53 Å². The fraction of sp³-hybridized carbons (Fsp3) is 0.957. The summed E-state index contributed by atoms with van der Waals surface area (Å²) in [6.07, 6.45) is 11.1. The van der Waals surface area contributed by atoms with E-state index in [0.717, 1.165) is 18.9 Å². The van der Waals surface area contributed by atoms with Crippen LogP contribution in [0.15, 0.2) is 0 Å². The second-order valence-electron chi connectivity index (χ2n) is 10.2. The van der Waals surface area contributed by atoms with Gasteiger partial charge >= 0.3 is 0 Å². The molecule has 0 spiro atoms. The van der Waals surface area contributed by atoms with Crippen LogP contribution in [0.2, 0.25) is 0 Å². The Hall–Kier alpha value is -0.450. The molecule has 1 N–H and O–H groups in total. The topological polar surface area (TPSA) is 49.8 Å². The van der Waals surface area contributed by atoms with Crippen molar-refractivity contribution >= 4 is 5.78 Å². The summed E-state index contributed by atoms with van der Waals surface area (Å²) in [4.78, 5) is 15.4. The minimum Gasteiger partial charge on any atom is -0.396 e. The maximum Gasteiger partial charge on any atom is 0.133 e. The average Bonchev–Trinajstić information content (AvgIpc) is 3.00. The molecule has 0 bridgehead atoms. The number of nitrogens with zero attached hydrogens (tertiary/aromatic N) is 1. The first-order valence-electron chi connectivity index (χ1n) is 11.4. The Balaban J connectivity index is 1.66. The molecule has 27 heavy (non-hydrogen) atoms. The van der Waals surface area contributed by atoms with Gasteiger partial charge in [0.15, 0.2) is 0 Å². The molecule has 2 saturated heterocycles. The Morgan fingerprint density at radius 2 is 1.96 bits per heavy atom. The molecule has 7 atom stereocenters. The van der Waals surface area contributed by atoms with Crippen molar-refractivity contribution in [3.05, 3.63) is 0 Å². The first-order valence-corrected chi connectivity index (χ1v) is 11.4. The summed E-state index contributed by atoms with van der Waals surface area (Å²) >= 11 is 0. The summed E-state index contributed by atoms with van der Waals surface area (Å²) in [5.74, 6) is 1.89. The number of carbonyl (C=O) groups is 1. The molecule has 0 radical (unpaired) electrons. The number of fused-ring (bicyclic) bond motifs is 5. The highest BCUT2D eigenvalue weighted by molar-refractivity contribution is 5.79. The van der Waals surface area contributed by atoms with Crippen LogP contribution in [0, 0.1) is 23.2 Å². The van der Waals surface area contributed by atoms with Crippen LogP contribution in [0.1, 0.15) is 78.6 Å². The number of ketones is 1. The number of hydrogen-bond donors (Lipinski definition) is 1. The van der Waals surface area contributed by atoms with Gasteiger partial charge in [-0.1, -0.05) is 19.8 Å². The molecule has 4 nitrogen and oxygen atoms in total. The number of aliphatic hydroxyl groups is 1. The summed E-state index contributed by atoms with van der Waals surface area (Å²) in [6.45, 7) is 8.41. The Labute approximate surface area is 165 Å². The third-order valence-electron chi connectivity index (χ3n) is 9.18. The summed E-state index contributed by atoms with van der Waals surface area (Å²) in [6, 6.07) is 0.622. The number of Topliss-reactive ketones (excluding diaryl/α,β-unsaturated/α-hetero) is 1. The van der Waals surface area contributed by atoms with Crippen molar-refractivity contribution in [3.8, 4) is 0 Å². The highest BCUT2D eigenvalue weighted by Crippen LogP contribution is 2.60. The first kappa shape index (κ1) is 19.8. The van der Waals surface area contributed by atoms with Crippen molar-refractivity contribution in [1.29, 1.82) is 0 Å². The van der Waals surface area contributed by atoms with Crippen molar-refractivity contribution in [2.24, 2.45) is 23.2 Å². The van der Waals surface area contributed by atoms with Crippen LogP contribution in [-0.4, -0.2) is 53.2 Å². The predicted molar refractivity (Wildman–Crippen MR) is 107 cm³/mol. The molecule has 154 valence electrons. The monoisotopic (exact) mass is 377 g/mol. The first-order chi connectivity index (χ1) is 12.9. The van der Waals surface area contributed by atoms with E-state index >= 15 is 0 Å². The van der Waals surface area contributed by atoms with E-state index in [4.69, 9.17) is 4.74 Å². The molecular weight excluding hydrogens is 338 g/mol. The van der Waals surface area contributed by atoms with Crippen molar-refractivity contribution in [1.82, 2.24) is 4.90 Å². The van der Waals surface area contributed by atoms with Gasteiger partial charge in [0.1, 0.15) is 5.78 Å². The van der Waals surface area contributed by atoms with Gasteiger partial charge in [-0.05, 0) is 70.6 Å². The van der Waals surface area contributed by atoms with Crippen molar-refractivity contribution in [2.45, 2.75) is 96.2 Å². The largest absolute Gasteiger partial charge is 0.396 e. The minimum atomic E-state index is -0.0414. The molecule has 4 fully saturated rings. The Morgan fingerprint density at radius 3 is 2.70 bits per heavy atom. The Morgan fingerprint density at radius 1 is 1.15 bits per heavy atom. The lowest BCUT2D eigenvalue weighted by Crippen LogP contribution is -2.70. The number of aliphatic hydroxyl groups excluding tert-OH is 1. The van der Waals surface area contributed by atoms with Crippen LogP contribution in [0.3, 0.4) is 0 Å². The molecule has 2 heterocycles. The zero-order chi connectivity index (χ0) is 19.2. The molecule has 4 aliphatic rings. The third kappa shape index (κ3) is 3.02. The van der Waals surface area contributed by atoms with Crippen LogP contribution < -0.4 is 0 Å². The maximum absolute atomic E-state index is 12.5. The molecule has 4 heteroatoms. The van der Waals surface area contributed by atoms with Crippen molar-refractivity contribution in [3.63, 3.8) is 0 Å². The van der Waals surface area contributed by atoms with Crippen LogP contribution in [0.25, 0.3) is 0 Å². The van der Waals surface area contributed by atoms with E-state index in [9.17, 15) is 9.90 Å². The smallest absolute Gasteiger partial charge is 0.133 e. The van der Waals surface area contributed by atoms with E-state index in [-0.39, 0.29) is 24.0 Å². The summed E-state index contributed by atoms with van der Waals surface area (Å²) in [5.41, 5.74) is 0.274. The summed E-state index contributed by atoms with van der Waals surface area (Å²) < 4.78 is 6.44. The standard InChI is InChI=1S/C23H39NO3/c1-16(26)18-9-10-19-20-11-8-17-7-4-5-12-22(17,2)24(20)15-21(23(18,19)3)27-14-6-13-25/h17-21,25H,4-15H2,1-3H3/t17?,18-,19?,20?,21+,22+,23-/m1/s1. The van der Waals surface area contributed by atoms with Crippen LogP contribution in [0.5, 0.6) is 0 Å². The van der Waals surface area contributed by atoms with Gasteiger partial charge < -0.3 is 9.84 Å². The zero-order valence-electron chi connectivity index (χ0n) is 17.6. The minimum absolute atomic E-state index is 0.0414. The highest BCUT2D eigenvalue weighted by Gasteiger charge is 2.63. The van der Waals surface area contributed by atoms with Crippen LogP contribution in [0.4, 0.5) is 0 Å². The number of rotatable bonds is 5. The number of piperidine rings is 2. The van der Waals surface area contributed by atoms with E-state index in [1.807, 2.05) is 0 Å². The second kappa shape index (κ2) is 7.42. The fourth-order valence-corrected chi connectivity index (χ4v) is 7.73. The lowest BCUT2D eigenvalue weighted by Gasteiger charge is -2.64. The fourth-order valence-electron chi connectivity index (χ4n) is 7.73. The second-order valence-corrected chi connectivity index (χ2v) is 10.2. The molecule has 2 aliphatic heterocycles. The van der Waals surface area contributed by atoms with Gasteiger partial charge in [-0.3, -0.25) is 9.69 Å². The number of ether oxygens (including phenoxy) is 1. The average molecular weight is 378 g/mol. The molecule has 0 aromatic heterocycles. The lowest BCUT2D eigenvalue weighted by atomic mass is 9.58. The van der Waals surface area contributed by atoms with E-state index in [0.29, 0.717) is 36.3 Å². The lowest BCUT2D eigenvalue weighted by molar-refractivity contribution is -0.193. The third-order valence-corrected chi connectivity index (χ3v) is 9.18. The normalized spacial score (nSPS) is 47.2. The number of carbonyl (C=O) groups excluding carboxylic acids is 1. The molecule has 2 saturated carbocycles. The van der Waals surface area contributed by atoms with E-state index < -0.39 is 0 Å². The summed E-state index contributed by atoms with van der Waals surface area (Å²) in [7, 11) is 0. The summed E-state index contributed by atoms with van der Waals surface area (Å²) in [5, 5.41) is 9.23. The molecule has 4 rings (SSSR count). The van der Waals surface area contributed by atoms with Gasteiger partial charge in [0.2, 0.25) is 0 Å². The molecule has 3 unspecified atom stereocenters. The Bertz CT molecular complexity index is 566. The van der Waals surface area contributed by atoms with Crippen LogP contribution >= 0.6 is 0 Å². The maximum atomic E-state index is 12.5. The van der Waals surface area contributed by atoms with Gasteiger partial charge in [0.25, 0.3) is 0 Å². The molecular formula is C23H39NO3.